The third-order valence-corrected chi connectivity index (χ3v) is 3.59. The molecule has 3 rings (SSSR count). The fourth-order valence-electron chi connectivity index (χ4n) is 2.43. The molecule has 0 atom stereocenters. The zero-order chi connectivity index (χ0) is 15.0. The molecule has 0 saturated carbocycles. The number of aryl methyl sites for hydroxylation is 1. The van der Waals surface area contributed by atoms with Crippen LogP contribution >= 0.6 is 0 Å². The van der Waals surface area contributed by atoms with Gasteiger partial charge in [0.15, 0.2) is 0 Å². The minimum atomic E-state index is -0.962. The molecule has 2 aromatic heterocycles. The van der Waals surface area contributed by atoms with Crippen LogP contribution in [-0.2, 0) is 13.6 Å². The monoisotopic (exact) mass is 285 g/mol. The van der Waals surface area contributed by atoms with Crippen molar-refractivity contribution in [3.05, 3.63) is 47.9 Å². The SMILES string of the molecule is COc1ccc2c(ccn2Cc2c(C(=O)O)cnn2C)c1. The van der Waals surface area contributed by atoms with Crippen LogP contribution in [0.3, 0.4) is 0 Å². The molecular formula is C15H15N3O3. The standard InChI is InChI=1S/C15H15N3O3/c1-17-14(12(8-16-17)15(19)20)9-18-6-5-10-7-11(21-2)3-4-13(10)18/h3-8H,9H2,1-2H3,(H,19,20). The van der Waals surface area contributed by atoms with Crippen molar-refractivity contribution in [3.8, 4) is 5.75 Å². The van der Waals surface area contributed by atoms with Gasteiger partial charge in [-0.05, 0) is 24.3 Å². The van der Waals surface area contributed by atoms with Gasteiger partial charge in [-0.25, -0.2) is 4.79 Å². The molecule has 0 aliphatic heterocycles. The van der Waals surface area contributed by atoms with E-state index in [0.717, 1.165) is 16.7 Å². The zero-order valence-electron chi connectivity index (χ0n) is 11.8. The third-order valence-electron chi connectivity index (χ3n) is 3.59. The number of rotatable bonds is 4. The van der Waals surface area contributed by atoms with E-state index in [1.807, 2.05) is 35.0 Å². The maximum atomic E-state index is 11.2. The molecule has 2 heterocycles. The van der Waals surface area contributed by atoms with Gasteiger partial charge in [-0.2, -0.15) is 5.10 Å². The molecule has 0 radical (unpaired) electrons. The number of hydrogen-bond acceptors (Lipinski definition) is 3. The Morgan fingerprint density at radius 1 is 1.38 bits per heavy atom. The van der Waals surface area contributed by atoms with Gasteiger partial charge in [0.25, 0.3) is 0 Å². The molecule has 0 bridgehead atoms. The van der Waals surface area contributed by atoms with E-state index in [4.69, 9.17) is 4.74 Å². The summed E-state index contributed by atoms with van der Waals surface area (Å²) < 4.78 is 8.80. The molecule has 1 aromatic carbocycles. The van der Waals surface area contributed by atoms with Gasteiger partial charge in [-0.15, -0.1) is 0 Å². The van der Waals surface area contributed by atoms with E-state index in [2.05, 4.69) is 5.10 Å². The molecule has 0 saturated heterocycles. The van der Waals surface area contributed by atoms with E-state index in [1.165, 1.54) is 6.20 Å². The highest BCUT2D eigenvalue weighted by atomic mass is 16.5. The number of benzene rings is 1. The first-order valence-electron chi connectivity index (χ1n) is 6.47. The first-order chi connectivity index (χ1) is 10.1. The van der Waals surface area contributed by atoms with Crippen LogP contribution in [0.15, 0.2) is 36.7 Å². The summed E-state index contributed by atoms with van der Waals surface area (Å²) in [5.41, 5.74) is 1.91. The van der Waals surface area contributed by atoms with Crippen LogP contribution in [0.1, 0.15) is 16.1 Å². The Morgan fingerprint density at radius 2 is 2.19 bits per heavy atom. The van der Waals surface area contributed by atoms with E-state index in [9.17, 15) is 9.90 Å². The molecule has 0 aliphatic rings. The predicted molar refractivity (Wildman–Crippen MR) is 77.8 cm³/mol. The third kappa shape index (κ3) is 2.24. The van der Waals surface area contributed by atoms with Gasteiger partial charge in [0, 0.05) is 24.1 Å². The van der Waals surface area contributed by atoms with Crippen LogP contribution in [0.5, 0.6) is 5.75 Å². The molecule has 108 valence electrons. The second kappa shape index (κ2) is 4.97. The van der Waals surface area contributed by atoms with Crippen LogP contribution in [0, 0.1) is 0 Å². The predicted octanol–water partition coefficient (Wildman–Crippen LogP) is 2.13. The summed E-state index contributed by atoms with van der Waals surface area (Å²) in [5.74, 6) is -0.164. The Labute approximate surface area is 121 Å². The number of methoxy groups -OCH3 is 1. The van der Waals surface area contributed by atoms with Crippen molar-refractivity contribution < 1.29 is 14.6 Å². The average Bonchev–Trinajstić information content (AvgIpc) is 3.04. The number of carboxylic acid groups (broad SMARTS) is 1. The number of ether oxygens (including phenoxy) is 1. The lowest BCUT2D eigenvalue weighted by Gasteiger charge is -2.08. The summed E-state index contributed by atoms with van der Waals surface area (Å²) >= 11 is 0. The van der Waals surface area contributed by atoms with Crippen LogP contribution in [0.2, 0.25) is 0 Å². The van der Waals surface area contributed by atoms with Crippen LogP contribution in [0.4, 0.5) is 0 Å². The van der Waals surface area contributed by atoms with Gasteiger partial charge in [-0.3, -0.25) is 4.68 Å². The molecule has 1 N–H and O–H groups in total. The maximum absolute atomic E-state index is 11.2. The highest BCUT2D eigenvalue weighted by Gasteiger charge is 2.16. The molecule has 6 heteroatoms. The summed E-state index contributed by atoms with van der Waals surface area (Å²) in [5, 5.41) is 14.3. The second-order valence-electron chi connectivity index (χ2n) is 4.80. The molecule has 21 heavy (non-hydrogen) atoms. The van der Waals surface area contributed by atoms with Gasteiger partial charge in [0.2, 0.25) is 0 Å². The van der Waals surface area contributed by atoms with Gasteiger partial charge in [-0.1, -0.05) is 0 Å². The number of hydrogen-bond donors (Lipinski definition) is 1. The number of nitrogens with zero attached hydrogens (tertiary/aromatic N) is 3. The van der Waals surface area contributed by atoms with Crippen LogP contribution < -0.4 is 4.74 Å². The second-order valence-corrected chi connectivity index (χ2v) is 4.80. The Hall–Kier alpha value is -2.76. The quantitative estimate of drug-likeness (QED) is 0.797. The first kappa shape index (κ1) is 13.2. The minimum absolute atomic E-state index is 0.230. The fourth-order valence-corrected chi connectivity index (χ4v) is 2.43. The molecule has 0 fully saturated rings. The summed E-state index contributed by atoms with van der Waals surface area (Å²) in [6.07, 6.45) is 3.31. The van der Waals surface area contributed by atoms with Crippen molar-refractivity contribution in [1.29, 1.82) is 0 Å². The van der Waals surface area contributed by atoms with Gasteiger partial charge in [0.1, 0.15) is 11.3 Å². The van der Waals surface area contributed by atoms with Crippen molar-refractivity contribution >= 4 is 16.9 Å². The van der Waals surface area contributed by atoms with Gasteiger partial charge < -0.3 is 14.4 Å². The van der Waals surface area contributed by atoms with Crippen molar-refractivity contribution in [1.82, 2.24) is 14.3 Å². The summed E-state index contributed by atoms with van der Waals surface area (Å²) in [6.45, 7) is 0.452. The number of carbonyl (C=O) groups is 1. The van der Waals surface area contributed by atoms with Crippen LogP contribution in [-0.4, -0.2) is 32.5 Å². The molecule has 3 aromatic rings. The highest BCUT2D eigenvalue weighted by Crippen LogP contribution is 2.23. The van der Waals surface area contributed by atoms with E-state index in [1.54, 1.807) is 18.8 Å². The normalized spacial score (nSPS) is 11.0. The highest BCUT2D eigenvalue weighted by molar-refractivity contribution is 5.88. The summed E-state index contributed by atoms with van der Waals surface area (Å²) in [6, 6.07) is 7.78. The first-order valence-corrected chi connectivity index (χ1v) is 6.47. The molecule has 0 amide bonds. The summed E-state index contributed by atoms with van der Waals surface area (Å²) in [7, 11) is 3.38. The largest absolute Gasteiger partial charge is 0.497 e. The number of aromatic nitrogens is 3. The number of carboxylic acids is 1. The smallest absolute Gasteiger partial charge is 0.339 e. The summed E-state index contributed by atoms with van der Waals surface area (Å²) in [4.78, 5) is 11.2. The van der Waals surface area contributed by atoms with Gasteiger partial charge >= 0.3 is 5.97 Å². The topological polar surface area (TPSA) is 69.3 Å². The van der Waals surface area contributed by atoms with Crippen molar-refractivity contribution in [2.45, 2.75) is 6.54 Å². The Bertz CT molecular complexity index is 817. The Kier molecular flexibility index (Phi) is 3.13. The maximum Gasteiger partial charge on any atom is 0.339 e. The molecule has 6 nitrogen and oxygen atoms in total. The Balaban J connectivity index is 2.03. The van der Waals surface area contributed by atoms with Gasteiger partial charge in [0.05, 0.1) is 25.5 Å². The molecule has 0 spiro atoms. The molecule has 0 aliphatic carbocycles. The molecular weight excluding hydrogens is 270 g/mol. The van der Waals surface area contributed by atoms with Crippen molar-refractivity contribution in [2.75, 3.05) is 7.11 Å². The number of aromatic carboxylic acids is 1. The zero-order valence-corrected chi connectivity index (χ0v) is 11.8. The Morgan fingerprint density at radius 3 is 2.90 bits per heavy atom. The lowest BCUT2D eigenvalue weighted by atomic mass is 10.2. The number of fused-ring (bicyclic) bond motifs is 1. The average molecular weight is 285 g/mol. The van der Waals surface area contributed by atoms with E-state index in [-0.39, 0.29) is 5.56 Å². The lowest BCUT2D eigenvalue weighted by molar-refractivity contribution is 0.0695. The van der Waals surface area contributed by atoms with E-state index in [0.29, 0.717) is 12.2 Å². The van der Waals surface area contributed by atoms with Crippen molar-refractivity contribution in [3.63, 3.8) is 0 Å². The fraction of sp³-hybridized carbons (Fsp3) is 0.200. The minimum Gasteiger partial charge on any atom is -0.497 e. The van der Waals surface area contributed by atoms with Crippen molar-refractivity contribution in [2.24, 2.45) is 7.05 Å². The lowest BCUT2D eigenvalue weighted by Crippen LogP contribution is -2.09. The van der Waals surface area contributed by atoms with E-state index >= 15 is 0 Å². The molecule has 0 unspecified atom stereocenters. The van der Waals surface area contributed by atoms with Crippen LogP contribution in [0.25, 0.3) is 10.9 Å². The van der Waals surface area contributed by atoms with E-state index < -0.39 is 5.97 Å².